The summed E-state index contributed by atoms with van der Waals surface area (Å²) in [5.41, 5.74) is 2.23. The van der Waals surface area contributed by atoms with Crippen molar-refractivity contribution in [3.8, 4) is 0 Å². The summed E-state index contributed by atoms with van der Waals surface area (Å²) >= 11 is 0. The fraction of sp³-hybridized carbons (Fsp3) is 0.692. The van der Waals surface area contributed by atoms with Gasteiger partial charge in [-0.1, -0.05) is 30.9 Å². The van der Waals surface area contributed by atoms with Crippen LogP contribution in [0.5, 0.6) is 0 Å². The van der Waals surface area contributed by atoms with Crippen molar-refractivity contribution in [3.05, 3.63) is 23.4 Å². The van der Waals surface area contributed by atoms with Gasteiger partial charge in [0.1, 0.15) is 0 Å². The largest absolute Gasteiger partial charge is 1.00 e. The number of phosphoric ester groups is 1. The minimum Gasteiger partial charge on any atom is -0.790 e. The smallest absolute Gasteiger partial charge is 0.790 e. The van der Waals surface area contributed by atoms with Crippen molar-refractivity contribution in [3.63, 3.8) is 0 Å². The molecular formula is C13H20NNa2O5P. The number of hydrogen-bond donors (Lipinski definition) is 0. The third kappa shape index (κ3) is 7.95. The van der Waals surface area contributed by atoms with Gasteiger partial charge in [-0.15, -0.1) is 0 Å². The van der Waals surface area contributed by atoms with Crippen LogP contribution in [-0.4, -0.2) is 18.4 Å². The topological polar surface area (TPSA) is 84.9 Å². The molecule has 1 heterocycles. The van der Waals surface area contributed by atoms with E-state index >= 15 is 0 Å². The maximum atomic E-state index is 10.4. The maximum Gasteiger partial charge on any atom is 1.00 e. The predicted molar refractivity (Wildman–Crippen MR) is 69.8 cm³/mol. The monoisotopic (exact) mass is 347 g/mol. The van der Waals surface area contributed by atoms with Crippen molar-refractivity contribution in [1.82, 2.24) is 5.06 Å². The van der Waals surface area contributed by atoms with Crippen LogP contribution in [0, 0.1) is 5.92 Å². The quantitative estimate of drug-likeness (QED) is 0.283. The van der Waals surface area contributed by atoms with E-state index < -0.39 is 14.6 Å². The minimum absolute atomic E-state index is 0. The standard InChI is InChI=1S/C13H22NO5P.2Na/c1-11-7-8-14(18-10-19-20(15,16)17)13(9-11)12-5-3-2-4-6-12;;/h7,9,12H,2-6,8,10H2,1H3,(H2,15,16,17);;/q;2*+1/p-2. The summed E-state index contributed by atoms with van der Waals surface area (Å²) in [6, 6.07) is 0. The first-order valence-electron chi connectivity index (χ1n) is 6.91. The summed E-state index contributed by atoms with van der Waals surface area (Å²) in [6.45, 7) is 2.00. The Morgan fingerprint density at radius 3 is 2.50 bits per heavy atom. The van der Waals surface area contributed by atoms with E-state index in [9.17, 15) is 14.4 Å². The van der Waals surface area contributed by atoms with E-state index in [1.54, 1.807) is 5.06 Å². The summed E-state index contributed by atoms with van der Waals surface area (Å²) < 4.78 is 14.6. The minimum atomic E-state index is -4.98. The normalized spacial score (nSPS) is 19.7. The van der Waals surface area contributed by atoms with E-state index in [0.717, 1.165) is 18.5 Å². The molecule has 0 spiro atoms. The van der Waals surface area contributed by atoms with Crippen molar-refractivity contribution in [1.29, 1.82) is 0 Å². The van der Waals surface area contributed by atoms with Gasteiger partial charge in [0, 0.05) is 11.6 Å². The molecule has 1 fully saturated rings. The van der Waals surface area contributed by atoms with Crippen LogP contribution in [0.15, 0.2) is 23.4 Å². The molecule has 0 aromatic heterocycles. The van der Waals surface area contributed by atoms with Crippen molar-refractivity contribution in [2.75, 3.05) is 13.3 Å². The number of allylic oxidation sites excluding steroid dienone is 3. The molecule has 2 aliphatic rings. The zero-order chi connectivity index (χ0) is 14.6. The Balaban J connectivity index is 0.00000220. The van der Waals surface area contributed by atoms with E-state index in [0.29, 0.717) is 12.5 Å². The number of hydroxylamine groups is 2. The molecule has 114 valence electrons. The second-order valence-corrected chi connectivity index (χ2v) is 6.39. The van der Waals surface area contributed by atoms with Gasteiger partial charge in [0.05, 0.1) is 14.4 Å². The van der Waals surface area contributed by atoms with Crippen molar-refractivity contribution in [2.24, 2.45) is 5.92 Å². The molecule has 0 amide bonds. The van der Waals surface area contributed by atoms with Gasteiger partial charge in [-0.2, -0.15) is 0 Å². The van der Waals surface area contributed by atoms with Crippen LogP contribution in [0.2, 0.25) is 0 Å². The molecule has 1 aliphatic carbocycles. The van der Waals surface area contributed by atoms with E-state index in [2.05, 4.69) is 10.6 Å². The van der Waals surface area contributed by atoms with Crippen LogP contribution in [0.3, 0.4) is 0 Å². The van der Waals surface area contributed by atoms with Gasteiger partial charge in [-0.05, 0) is 25.8 Å². The first-order valence-corrected chi connectivity index (χ1v) is 8.37. The summed E-state index contributed by atoms with van der Waals surface area (Å²) in [6.07, 6.45) is 9.94. The second-order valence-electron chi connectivity index (χ2n) is 5.24. The van der Waals surface area contributed by atoms with Gasteiger partial charge in [-0.25, -0.2) is 4.84 Å². The summed E-state index contributed by atoms with van der Waals surface area (Å²) in [4.78, 5) is 26.2. The van der Waals surface area contributed by atoms with Gasteiger partial charge < -0.3 is 18.9 Å². The first-order chi connectivity index (χ1) is 9.46. The molecule has 22 heavy (non-hydrogen) atoms. The van der Waals surface area contributed by atoms with Gasteiger partial charge >= 0.3 is 59.1 Å². The Morgan fingerprint density at radius 1 is 1.27 bits per heavy atom. The molecular weight excluding hydrogens is 327 g/mol. The first kappa shape index (κ1) is 23.4. The Kier molecular flexibility index (Phi) is 11.7. The fourth-order valence-electron chi connectivity index (χ4n) is 2.70. The van der Waals surface area contributed by atoms with Gasteiger partial charge in [-0.3, -0.25) is 5.06 Å². The van der Waals surface area contributed by atoms with Crippen LogP contribution >= 0.6 is 7.82 Å². The van der Waals surface area contributed by atoms with E-state index in [1.165, 1.54) is 24.8 Å². The molecule has 0 aromatic carbocycles. The van der Waals surface area contributed by atoms with Crippen molar-refractivity contribution >= 4 is 7.82 Å². The van der Waals surface area contributed by atoms with E-state index in [-0.39, 0.29) is 59.1 Å². The summed E-state index contributed by atoms with van der Waals surface area (Å²) in [5.74, 6) is 0.429. The molecule has 1 aliphatic heterocycles. The molecule has 9 heteroatoms. The van der Waals surface area contributed by atoms with Crippen molar-refractivity contribution in [2.45, 2.75) is 39.0 Å². The zero-order valence-corrected chi connectivity index (χ0v) is 18.5. The average Bonchev–Trinajstić information content (AvgIpc) is 2.40. The molecule has 0 atom stereocenters. The van der Waals surface area contributed by atoms with Crippen LogP contribution in [0.25, 0.3) is 0 Å². The molecule has 0 saturated heterocycles. The van der Waals surface area contributed by atoms with Crippen molar-refractivity contribution < 1.29 is 82.8 Å². The van der Waals surface area contributed by atoms with E-state index in [1.807, 2.05) is 13.0 Å². The SMILES string of the molecule is CC1=CCN(OCOP(=O)([O-])[O-])C(C2CCCCC2)=C1.[Na+].[Na+]. The molecule has 0 radical (unpaired) electrons. The number of nitrogens with zero attached hydrogens (tertiary/aromatic N) is 1. The third-order valence-corrected chi connectivity index (χ3v) is 4.11. The summed E-state index contributed by atoms with van der Waals surface area (Å²) in [7, 11) is -4.98. The molecule has 0 unspecified atom stereocenters. The maximum absolute atomic E-state index is 10.4. The Morgan fingerprint density at radius 2 is 1.91 bits per heavy atom. The molecule has 6 nitrogen and oxygen atoms in total. The number of phosphoric acid groups is 1. The Labute approximate surface area is 176 Å². The Bertz CT molecular complexity index is 446. The number of rotatable bonds is 5. The van der Waals surface area contributed by atoms with Crippen LogP contribution in [-0.2, 0) is 13.9 Å². The van der Waals surface area contributed by atoms with Gasteiger partial charge in [0.2, 0.25) is 0 Å². The van der Waals surface area contributed by atoms with Crippen LogP contribution in [0.4, 0.5) is 0 Å². The van der Waals surface area contributed by atoms with Gasteiger partial charge in [0.15, 0.2) is 6.79 Å². The fourth-order valence-corrected chi connectivity index (χ4v) is 2.87. The summed E-state index contributed by atoms with van der Waals surface area (Å²) in [5, 5.41) is 1.64. The molecule has 0 aromatic rings. The predicted octanol–water partition coefficient (Wildman–Crippen LogP) is -4.55. The van der Waals surface area contributed by atoms with Crippen LogP contribution in [0.1, 0.15) is 39.0 Å². The second kappa shape index (κ2) is 11.1. The molecule has 2 rings (SSSR count). The molecule has 0 N–H and O–H groups in total. The third-order valence-electron chi connectivity index (χ3n) is 3.69. The zero-order valence-electron chi connectivity index (χ0n) is 13.6. The van der Waals surface area contributed by atoms with Crippen LogP contribution < -0.4 is 68.9 Å². The van der Waals surface area contributed by atoms with E-state index in [4.69, 9.17) is 4.84 Å². The Hall–Kier alpha value is 1.35. The average molecular weight is 347 g/mol. The van der Waals surface area contributed by atoms with Gasteiger partial charge in [0.25, 0.3) is 0 Å². The molecule has 0 bridgehead atoms. The number of hydrogen-bond acceptors (Lipinski definition) is 6. The molecule has 1 saturated carbocycles.